The Bertz CT molecular complexity index is 743. The molecule has 6 heteroatoms. The number of hydrogen-bond donors (Lipinski definition) is 1. The fourth-order valence-corrected chi connectivity index (χ4v) is 2.99. The van der Waals surface area contributed by atoms with Crippen LogP contribution in [0.5, 0.6) is 0 Å². The molecule has 1 fully saturated rings. The molecule has 0 aliphatic heterocycles. The Morgan fingerprint density at radius 1 is 1.45 bits per heavy atom. The summed E-state index contributed by atoms with van der Waals surface area (Å²) in [5.41, 5.74) is 1.06. The number of carbonyl (C=O) groups excluding carboxylic acids is 1. The van der Waals surface area contributed by atoms with E-state index in [1.807, 2.05) is 0 Å². The van der Waals surface area contributed by atoms with Crippen LogP contribution in [0, 0.1) is 5.82 Å². The van der Waals surface area contributed by atoms with E-state index in [4.69, 9.17) is 16.0 Å². The van der Waals surface area contributed by atoms with Gasteiger partial charge in [0.1, 0.15) is 23.8 Å². The first-order valence-corrected chi connectivity index (χ1v) is 7.33. The zero-order valence-corrected chi connectivity index (χ0v) is 12.4. The lowest BCUT2D eigenvalue weighted by atomic mass is 9.89. The van der Waals surface area contributed by atoms with Crippen LogP contribution < -0.4 is 5.32 Å². The molecule has 22 heavy (non-hydrogen) atoms. The van der Waals surface area contributed by atoms with Crippen LogP contribution in [0.2, 0.25) is 0 Å². The number of furan rings is 1. The fraction of sp³-hybridized carbons (Fsp3) is 0.312. The van der Waals surface area contributed by atoms with Crippen molar-refractivity contribution in [1.29, 1.82) is 0 Å². The van der Waals surface area contributed by atoms with Crippen LogP contribution in [0.1, 0.15) is 23.2 Å². The van der Waals surface area contributed by atoms with Gasteiger partial charge in [0, 0.05) is 17.8 Å². The monoisotopic (exact) mass is 325 g/mol. The van der Waals surface area contributed by atoms with E-state index in [9.17, 15) is 13.6 Å². The predicted molar refractivity (Wildman–Crippen MR) is 80.3 cm³/mol. The van der Waals surface area contributed by atoms with E-state index < -0.39 is 29.3 Å². The van der Waals surface area contributed by atoms with Crippen molar-refractivity contribution in [3.63, 3.8) is 0 Å². The van der Waals surface area contributed by atoms with Crippen LogP contribution in [0.4, 0.5) is 8.78 Å². The third-order valence-corrected chi connectivity index (χ3v) is 4.35. The quantitative estimate of drug-likeness (QED) is 0.670. The Morgan fingerprint density at radius 3 is 3.00 bits per heavy atom. The molecular weight excluding hydrogens is 312 g/mol. The minimum Gasteiger partial charge on any atom is -0.463 e. The highest BCUT2D eigenvalue weighted by Crippen LogP contribution is 2.30. The molecule has 1 saturated carbocycles. The number of alkyl halides is 2. The lowest BCUT2D eigenvalue weighted by Gasteiger charge is -2.31. The van der Waals surface area contributed by atoms with Crippen LogP contribution in [-0.2, 0) is 0 Å². The standard InChI is InChI=1S/C16H14ClF2NO2/c1-8-4-12(17)14(6-13(8)19)20-16(21)11-7-22-15-3-2-9(18)5-10(11)15/h2-3,5,7,12-14H,1,4,6H2,(H,20,21). The van der Waals surface area contributed by atoms with Gasteiger partial charge in [0.25, 0.3) is 5.91 Å². The molecule has 1 aromatic carbocycles. The second kappa shape index (κ2) is 5.72. The molecule has 1 heterocycles. The summed E-state index contributed by atoms with van der Waals surface area (Å²) in [5, 5.41) is 2.66. The van der Waals surface area contributed by atoms with Crippen molar-refractivity contribution < 1.29 is 18.0 Å². The van der Waals surface area contributed by atoms with Gasteiger partial charge in [-0.25, -0.2) is 8.78 Å². The highest BCUT2D eigenvalue weighted by Gasteiger charge is 2.33. The fourth-order valence-electron chi connectivity index (χ4n) is 2.63. The minimum absolute atomic E-state index is 0.0862. The summed E-state index contributed by atoms with van der Waals surface area (Å²) in [6, 6.07) is 3.43. The first kappa shape index (κ1) is 15.0. The second-order valence-corrected chi connectivity index (χ2v) is 6.01. The molecule has 3 atom stereocenters. The van der Waals surface area contributed by atoms with E-state index >= 15 is 0 Å². The van der Waals surface area contributed by atoms with Crippen molar-refractivity contribution in [2.45, 2.75) is 30.4 Å². The molecule has 1 N–H and O–H groups in total. The number of halogens is 3. The number of allylic oxidation sites excluding steroid dienone is 1. The number of fused-ring (bicyclic) bond motifs is 1. The summed E-state index contributed by atoms with van der Waals surface area (Å²) in [5.74, 6) is -0.921. The van der Waals surface area contributed by atoms with Crippen LogP contribution in [0.15, 0.2) is 41.0 Å². The summed E-state index contributed by atoms with van der Waals surface area (Å²) in [7, 11) is 0. The summed E-state index contributed by atoms with van der Waals surface area (Å²) in [4.78, 5) is 12.3. The maximum Gasteiger partial charge on any atom is 0.255 e. The van der Waals surface area contributed by atoms with Gasteiger partial charge in [0.2, 0.25) is 0 Å². The molecule has 1 aromatic heterocycles. The van der Waals surface area contributed by atoms with Gasteiger partial charge in [0.05, 0.1) is 10.9 Å². The Kier molecular flexibility index (Phi) is 3.91. The smallest absolute Gasteiger partial charge is 0.255 e. The first-order valence-electron chi connectivity index (χ1n) is 6.89. The second-order valence-electron chi connectivity index (χ2n) is 5.45. The zero-order valence-electron chi connectivity index (χ0n) is 11.6. The maximum absolute atomic E-state index is 13.7. The minimum atomic E-state index is -1.18. The lowest BCUT2D eigenvalue weighted by Crippen LogP contribution is -2.46. The molecule has 2 aromatic rings. The number of benzene rings is 1. The molecule has 0 bridgehead atoms. The topological polar surface area (TPSA) is 42.2 Å². The van der Waals surface area contributed by atoms with Gasteiger partial charge in [-0.15, -0.1) is 11.6 Å². The van der Waals surface area contributed by atoms with E-state index in [1.54, 1.807) is 0 Å². The maximum atomic E-state index is 13.7. The van der Waals surface area contributed by atoms with Crippen molar-refractivity contribution >= 4 is 28.5 Å². The molecule has 0 spiro atoms. The Labute approximate surface area is 130 Å². The zero-order chi connectivity index (χ0) is 15.9. The van der Waals surface area contributed by atoms with E-state index in [2.05, 4.69) is 11.9 Å². The van der Waals surface area contributed by atoms with E-state index in [-0.39, 0.29) is 12.0 Å². The molecule has 116 valence electrons. The van der Waals surface area contributed by atoms with Crippen molar-refractivity contribution in [1.82, 2.24) is 5.32 Å². The SMILES string of the molecule is C=C1CC(Cl)C(NC(=O)c2coc3ccc(F)cc23)CC1F. The van der Waals surface area contributed by atoms with E-state index in [1.165, 1.54) is 24.5 Å². The molecule has 3 nitrogen and oxygen atoms in total. The molecule has 1 amide bonds. The number of amides is 1. The third kappa shape index (κ3) is 2.73. The summed E-state index contributed by atoms with van der Waals surface area (Å²) in [6.45, 7) is 3.63. The van der Waals surface area contributed by atoms with Gasteiger partial charge < -0.3 is 9.73 Å². The van der Waals surface area contributed by atoms with E-state index in [0.29, 0.717) is 23.0 Å². The van der Waals surface area contributed by atoms with Crippen LogP contribution >= 0.6 is 11.6 Å². The lowest BCUT2D eigenvalue weighted by molar-refractivity contribution is 0.0924. The largest absolute Gasteiger partial charge is 0.463 e. The molecule has 3 rings (SSSR count). The highest BCUT2D eigenvalue weighted by molar-refractivity contribution is 6.21. The van der Waals surface area contributed by atoms with Crippen molar-refractivity contribution in [3.8, 4) is 0 Å². The van der Waals surface area contributed by atoms with E-state index in [0.717, 1.165) is 0 Å². The Morgan fingerprint density at radius 2 is 2.23 bits per heavy atom. The number of rotatable bonds is 2. The molecular formula is C16H14ClF2NO2. The molecule has 1 aliphatic carbocycles. The number of carbonyl (C=O) groups is 1. The van der Waals surface area contributed by atoms with Crippen LogP contribution in [-0.4, -0.2) is 23.5 Å². The van der Waals surface area contributed by atoms with Gasteiger partial charge in [-0.3, -0.25) is 4.79 Å². The number of hydrogen-bond acceptors (Lipinski definition) is 2. The average molecular weight is 326 g/mol. The van der Waals surface area contributed by atoms with Crippen molar-refractivity contribution in [2.75, 3.05) is 0 Å². The van der Waals surface area contributed by atoms with Gasteiger partial charge in [-0.05, 0) is 30.2 Å². The summed E-state index contributed by atoms with van der Waals surface area (Å²) >= 11 is 6.17. The average Bonchev–Trinajstić information content (AvgIpc) is 2.87. The van der Waals surface area contributed by atoms with Gasteiger partial charge in [-0.2, -0.15) is 0 Å². The molecule has 3 unspecified atom stereocenters. The summed E-state index contributed by atoms with van der Waals surface area (Å²) < 4.78 is 32.3. The van der Waals surface area contributed by atoms with Gasteiger partial charge in [0.15, 0.2) is 0 Å². The summed E-state index contributed by atoms with van der Waals surface area (Å²) in [6.07, 6.45) is 0.480. The van der Waals surface area contributed by atoms with Gasteiger partial charge in [-0.1, -0.05) is 6.58 Å². The van der Waals surface area contributed by atoms with Crippen molar-refractivity contribution in [3.05, 3.63) is 48.0 Å². The first-order chi connectivity index (χ1) is 10.5. The highest BCUT2D eigenvalue weighted by atomic mass is 35.5. The normalized spacial score (nSPS) is 25.4. The predicted octanol–water partition coefficient (Wildman–Crippen LogP) is 3.97. The Balaban J connectivity index is 1.81. The number of nitrogens with one attached hydrogen (secondary N) is 1. The van der Waals surface area contributed by atoms with Crippen LogP contribution in [0.3, 0.4) is 0 Å². The molecule has 0 saturated heterocycles. The Hall–Kier alpha value is -1.88. The van der Waals surface area contributed by atoms with Gasteiger partial charge >= 0.3 is 0 Å². The van der Waals surface area contributed by atoms with Crippen molar-refractivity contribution in [2.24, 2.45) is 0 Å². The van der Waals surface area contributed by atoms with Crippen LogP contribution in [0.25, 0.3) is 11.0 Å². The third-order valence-electron chi connectivity index (χ3n) is 3.89. The molecule has 1 aliphatic rings. The molecule has 0 radical (unpaired) electrons.